The van der Waals surface area contributed by atoms with E-state index in [0.717, 1.165) is 17.9 Å². The number of rotatable bonds is 5. The van der Waals surface area contributed by atoms with Crippen LogP contribution >= 0.6 is 11.8 Å². The van der Waals surface area contributed by atoms with Crippen molar-refractivity contribution in [1.82, 2.24) is 5.01 Å². The Bertz CT molecular complexity index is 1330. The predicted octanol–water partition coefficient (Wildman–Crippen LogP) is 4.65. The van der Waals surface area contributed by atoms with Gasteiger partial charge in [0.15, 0.2) is 5.84 Å². The second kappa shape index (κ2) is 9.19. The van der Waals surface area contributed by atoms with E-state index in [1.807, 2.05) is 0 Å². The lowest BCUT2D eigenvalue weighted by Crippen LogP contribution is -2.35. The Kier molecular flexibility index (Phi) is 6.09. The summed E-state index contributed by atoms with van der Waals surface area (Å²) >= 11 is 1.39. The van der Waals surface area contributed by atoms with Crippen LogP contribution in [0.4, 0.5) is 0 Å². The summed E-state index contributed by atoms with van der Waals surface area (Å²) in [4.78, 5) is 16.9. The molecule has 2 aromatic carbocycles. The average molecular weight is 495 g/mol. The lowest BCUT2D eigenvalue weighted by molar-refractivity contribution is -0.114. The standard InChI is InChI=1S/C24H22N4O4S2/c25-21-20(22(29)26-24-28(21)27-23(33-24)17-7-3-1-4-8-17)15-16-11-13-18(14-12-16)32-34(30,31)19-9-5-2-6-10-19/h2,5-6,9-15,17,25H,1,3-4,7-8H2/b20-15-,25-21?. The topological polar surface area (TPSA) is 112 Å². The lowest BCUT2D eigenvalue weighted by atomic mass is 9.90. The highest BCUT2D eigenvalue weighted by molar-refractivity contribution is 8.27. The molecule has 0 radical (unpaired) electrons. The number of amidine groups is 2. The molecule has 2 aromatic rings. The summed E-state index contributed by atoms with van der Waals surface area (Å²) in [5, 5.41) is 15.9. The van der Waals surface area contributed by atoms with Crippen molar-refractivity contribution in [2.45, 2.75) is 37.0 Å². The van der Waals surface area contributed by atoms with Crippen LogP contribution in [0.2, 0.25) is 0 Å². The largest absolute Gasteiger partial charge is 0.379 e. The number of carbonyl (C=O) groups is 1. The lowest BCUT2D eigenvalue weighted by Gasteiger charge is -2.20. The molecule has 1 amide bonds. The molecule has 1 saturated carbocycles. The normalized spacial score (nSPS) is 20.2. The molecule has 2 heterocycles. The van der Waals surface area contributed by atoms with Crippen molar-refractivity contribution in [3.05, 3.63) is 65.7 Å². The van der Waals surface area contributed by atoms with Gasteiger partial charge in [-0.2, -0.15) is 23.5 Å². The summed E-state index contributed by atoms with van der Waals surface area (Å²) in [6.07, 6.45) is 7.29. The van der Waals surface area contributed by atoms with Crippen molar-refractivity contribution in [2.24, 2.45) is 16.0 Å². The highest BCUT2D eigenvalue weighted by Crippen LogP contribution is 2.36. The molecule has 0 spiro atoms. The van der Waals surface area contributed by atoms with E-state index < -0.39 is 16.0 Å². The number of nitrogens with one attached hydrogen (secondary N) is 1. The first-order valence-electron chi connectivity index (χ1n) is 11.0. The number of thioether (sulfide) groups is 1. The van der Waals surface area contributed by atoms with Crippen molar-refractivity contribution in [2.75, 3.05) is 0 Å². The van der Waals surface area contributed by atoms with Gasteiger partial charge in [0.05, 0.1) is 5.57 Å². The number of carbonyl (C=O) groups excluding carboxylic acids is 1. The zero-order chi connectivity index (χ0) is 23.7. The SMILES string of the molecule is N=C1/C(=C/c2ccc(OS(=O)(=O)c3ccccc3)cc2)C(=O)N=C2SC(C3CCCCC3)=NN12. The summed E-state index contributed by atoms with van der Waals surface area (Å²) in [6.45, 7) is 0. The maximum Gasteiger partial charge on any atom is 0.339 e. The third-order valence-electron chi connectivity index (χ3n) is 5.85. The first-order valence-corrected chi connectivity index (χ1v) is 13.2. The van der Waals surface area contributed by atoms with Crippen LogP contribution in [0.1, 0.15) is 37.7 Å². The van der Waals surface area contributed by atoms with E-state index in [4.69, 9.17) is 9.59 Å². The van der Waals surface area contributed by atoms with E-state index >= 15 is 0 Å². The molecule has 0 atom stereocenters. The van der Waals surface area contributed by atoms with E-state index in [1.165, 1.54) is 60.3 Å². The maximum absolute atomic E-state index is 12.7. The van der Waals surface area contributed by atoms with Crippen LogP contribution in [0, 0.1) is 11.3 Å². The number of hydrazone groups is 1. The molecule has 34 heavy (non-hydrogen) atoms. The molecule has 0 bridgehead atoms. The van der Waals surface area contributed by atoms with Crippen molar-refractivity contribution >= 4 is 49.9 Å². The van der Waals surface area contributed by atoms with Gasteiger partial charge < -0.3 is 4.18 Å². The van der Waals surface area contributed by atoms with Crippen molar-refractivity contribution in [3.8, 4) is 5.75 Å². The molecule has 174 valence electrons. The number of hydrogen-bond acceptors (Lipinski definition) is 7. The highest BCUT2D eigenvalue weighted by Gasteiger charge is 2.37. The molecule has 5 rings (SSSR count). The van der Waals surface area contributed by atoms with Crippen LogP contribution in [-0.4, -0.2) is 35.4 Å². The monoisotopic (exact) mass is 494 g/mol. The third kappa shape index (κ3) is 4.55. The summed E-state index contributed by atoms with van der Waals surface area (Å²) in [7, 11) is -3.94. The van der Waals surface area contributed by atoms with Crippen molar-refractivity contribution in [3.63, 3.8) is 0 Å². The zero-order valence-electron chi connectivity index (χ0n) is 18.2. The number of fused-ring (bicyclic) bond motifs is 1. The molecule has 2 aliphatic heterocycles. The van der Waals surface area contributed by atoms with Crippen LogP contribution < -0.4 is 4.18 Å². The zero-order valence-corrected chi connectivity index (χ0v) is 19.8. The highest BCUT2D eigenvalue weighted by atomic mass is 32.2. The van der Waals surface area contributed by atoms with Gasteiger partial charge in [-0.15, -0.1) is 0 Å². The smallest absolute Gasteiger partial charge is 0.339 e. The van der Waals surface area contributed by atoms with Crippen LogP contribution in [0.15, 0.2) is 75.2 Å². The molecule has 0 unspecified atom stereocenters. The third-order valence-corrected chi connectivity index (χ3v) is 8.19. The molecule has 1 N–H and O–H groups in total. The van der Waals surface area contributed by atoms with E-state index in [-0.39, 0.29) is 22.1 Å². The molecule has 0 saturated heterocycles. The Balaban J connectivity index is 1.33. The Hall–Kier alpha value is -3.24. The molecule has 1 fully saturated rings. The van der Waals surface area contributed by atoms with Gasteiger partial charge in [-0.3, -0.25) is 10.2 Å². The number of hydrogen-bond donors (Lipinski definition) is 1. The number of benzene rings is 2. The van der Waals surface area contributed by atoms with Crippen molar-refractivity contribution < 1.29 is 17.4 Å². The fraction of sp³-hybridized carbons (Fsp3) is 0.250. The second-order valence-electron chi connectivity index (χ2n) is 8.21. The number of amides is 1. The van der Waals surface area contributed by atoms with Gasteiger partial charge in [0, 0.05) is 5.92 Å². The first-order chi connectivity index (χ1) is 16.4. The van der Waals surface area contributed by atoms with Gasteiger partial charge in [0.2, 0.25) is 5.17 Å². The summed E-state index contributed by atoms with van der Waals surface area (Å²) in [5.74, 6) is 0.00670. The fourth-order valence-electron chi connectivity index (χ4n) is 4.07. The number of nitrogens with zero attached hydrogens (tertiary/aromatic N) is 3. The first kappa shape index (κ1) is 22.5. The minimum absolute atomic E-state index is 0.0136. The van der Waals surface area contributed by atoms with E-state index in [2.05, 4.69) is 10.1 Å². The fourth-order valence-corrected chi connectivity index (χ4v) is 6.08. The Labute approximate surface area is 202 Å². The molecule has 3 aliphatic rings. The van der Waals surface area contributed by atoms with Gasteiger partial charge in [-0.25, -0.2) is 0 Å². The minimum Gasteiger partial charge on any atom is -0.379 e. The van der Waals surface area contributed by atoms with Crippen LogP contribution in [0.5, 0.6) is 5.75 Å². The summed E-state index contributed by atoms with van der Waals surface area (Å²) in [6, 6.07) is 14.1. The van der Waals surface area contributed by atoms with Gasteiger partial charge in [-0.1, -0.05) is 49.6 Å². The van der Waals surface area contributed by atoms with E-state index in [0.29, 0.717) is 16.6 Å². The molecule has 1 aliphatic carbocycles. The Morgan fingerprint density at radius 1 is 1.03 bits per heavy atom. The summed E-state index contributed by atoms with van der Waals surface area (Å²) in [5.41, 5.74) is 0.739. The number of aliphatic imine (C=N–C) groups is 1. The van der Waals surface area contributed by atoms with Gasteiger partial charge in [0.25, 0.3) is 5.91 Å². The molecular formula is C24H22N4O4S2. The maximum atomic E-state index is 12.7. The Morgan fingerprint density at radius 3 is 2.44 bits per heavy atom. The average Bonchev–Trinajstić information content (AvgIpc) is 3.28. The van der Waals surface area contributed by atoms with Gasteiger partial charge in [-0.05, 0) is 60.5 Å². The second-order valence-corrected chi connectivity index (χ2v) is 10.7. The molecule has 10 heteroatoms. The van der Waals surface area contributed by atoms with E-state index in [9.17, 15) is 13.2 Å². The Morgan fingerprint density at radius 2 is 1.74 bits per heavy atom. The van der Waals surface area contributed by atoms with Gasteiger partial charge >= 0.3 is 10.1 Å². The van der Waals surface area contributed by atoms with Crippen LogP contribution in [-0.2, 0) is 14.9 Å². The van der Waals surface area contributed by atoms with Crippen LogP contribution in [0.25, 0.3) is 6.08 Å². The minimum atomic E-state index is -3.94. The predicted molar refractivity (Wildman–Crippen MR) is 132 cm³/mol. The van der Waals surface area contributed by atoms with Crippen LogP contribution in [0.3, 0.4) is 0 Å². The van der Waals surface area contributed by atoms with Gasteiger partial charge in [0.1, 0.15) is 15.7 Å². The summed E-state index contributed by atoms with van der Waals surface area (Å²) < 4.78 is 30.0. The quantitative estimate of drug-likeness (QED) is 0.478. The van der Waals surface area contributed by atoms with E-state index in [1.54, 1.807) is 36.4 Å². The molecular weight excluding hydrogens is 472 g/mol. The molecule has 0 aromatic heterocycles. The molecule has 8 nitrogen and oxygen atoms in total. The van der Waals surface area contributed by atoms with Crippen molar-refractivity contribution in [1.29, 1.82) is 5.41 Å².